The second-order valence-electron chi connectivity index (χ2n) is 7.81. The first-order chi connectivity index (χ1) is 9.94. The van der Waals surface area contributed by atoms with Crippen molar-refractivity contribution < 1.29 is 19.4 Å². The zero-order chi connectivity index (χ0) is 17.1. The predicted molar refractivity (Wildman–Crippen MR) is 84.4 cm³/mol. The molecule has 1 fully saturated rings. The molecule has 2 unspecified atom stereocenters. The van der Waals surface area contributed by atoms with Gasteiger partial charge >= 0.3 is 5.97 Å². The van der Waals surface area contributed by atoms with Crippen LogP contribution in [0.2, 0.25) is 0 Å². The summed E-state index contributed by atoms with van der Waals surface area (Å²) in [4.78, 5) is 22.5. The third-order valence-corrected chi connectivity index (χ3v) is 4.35. The van der Waals surface area contributed by atoms with Gasteiger partial charge in [-0.3, -0.25) is 9.59 Å². The number of amides is 1. The van der Waals surface area contributed by atoms with E-state index in [-0.39, 0.29) is 17.9 Å². The lowest BCUT2D eigenvalue weighted by molar-refractivity contribution is -0.140. The number of carbonyl (C=O) groups is 2. The normalized spacial score (nSPS) is 25.7. The minimum atomic E-state index is -1.08. The van der Waals surface area contributed by atoms with Crippen LogP contribution in [-0.2, 0) is 14.3 Å². The highest BCUT2D eigenvalue weighted by molar-refractivity contribution is 5.86. The van der Waals surface area contributed by atoms with Crippen molar-refractivity contribution in [1.82, 2.24) is 5.32 Å². The van der Waals surface area contributed by atoms with E-state index in [1.165, 1.54) is 0 Å². The van der Waals surface area contributed by atoms with Crippen molar-refractivity contribution in [2.75, 3.05) is 6.61 Å². The first-order valence-electron chi connectivity index (χ1n) is 7.85. The summed E-state index contributed by atoms with van der Waals surface area (Å²) in [6.07, 6.45) is 2.06. The van der Waals surface area contributed by atoms with Gasteiger partial charge in [0, 0.05) is 0 Å². The number of ether oxygens (including phenoxy) is 1. The fraction of sp³-hybridized carbons (Fsp3) is 0.875. The topological polar surface area (TPSA) is 102 Å². The number of aliphatic carboxylic acids is 1. The molecule has 0 saturated heterocycles. The summed E-state index contributed by atoms with van der Waals surface area (Å²) in [5.41, 5.74) is 5.12. The molecular formula is C16H30N2O4. The maximum atomic E-state index is 11.9. The number of carboxylic acid groups (broad SMARTS) is 1. The van der Waals surface area contributed by atoms with E-state index in [2.05, 4.69) is 26.1 Å². The average Bonchev–Trinajstić information content (AvgIpc) is 2.59. The van der Waals surface area contributed by atoms with Crippen molar-refractivity contribution in [3.05, 3.63) is 0 Å². The molecule has 0 aromatic heterocycles. The molecule has 0 spiro atoms. The van der Waals surface area contributed by atoms with Crippen LogP contribution in [0.15, 0.2) is 0 Å². The van der Waals surface area contributed by atoms with Crippen LogP contribution in [-0.4, -0.2) is 41.3 Å². The molecule has 1 aliphatic carbocycles. The van der Waals surface area contributed by atoms with Gasteiger partial charge in [-0.1, -0.05) is 20.8 Å². The number of carboxylic acids is 1. The number of nitrogens with one attached hydrogen (secondary N) is 1. The summed E-state index contributed by atoms with van der Waals surface area (Å²) in [7, 11) is 0. The highest BCUT2D eigenvalue weighted by atomic mass is 16.5. The Labute approximate surface area is 132 Å². The number of hydrogen-bond acceptors (Lipinski definition) is 4. The molecule has 1 saturated carbocycles. The van der Waals surface area contributed by atoms with Gasteiger partial charge in [0.25, 0.3) is 0 Å². The molecule has 1 rings (SSSR count). The average molecular weight is 314 g/mol. The molecule has 6 heteroatoms. The van der Waals surface area contributed by atoms with Crippen LogP contribution in [0.25, 0.3) is 0 Å². The summed E-state index contributed by atoms with van der Waals surface area (Å²) in [6.45, 7) is 10.7. The maximum absolute atomic E-state index is 11.9. The number of rotatable bonds is 7. The lowest BCUT2D eigenvalue weighted by atomic mass is 9.87. The van der Waals surface area contributed by atoms with Crippen molar-refractivity contribution in [1.29, 1.82) is 0 Å². The summed E-state index contributed by atoms with van der Waals surface area (Å²) in [6, 6.07) is -1.04. The van der Waals surface area contributed by atoms with Crippen LogP contribution in [0.5, 0.6) is 0 Å². The Morgan fingerprint density at radius 1 is 1.45 bits per heavy atom. The van der Waals surface area contributed by atoms with Gasteiger partial charge in [0.2, 0.25) is 5.91 Å². The Morgan fingerprint density at radius 2 is 2.05 bits per heavy atom. The molecule has 0 bridgehead atoms. The molecule has 4 N–H and O–H groups in total. The van der Waals surface area contributed by atoms with E-state index in [0.29, 0.717) is 12.5 Å². The Balaban J connectivity index is 2.53. The fourth-order valence-corrected chi connectivity index (χ4v) is 3.09. The van der Waals surface area contributed by atoms with E-state index in [1.54, 1.807) is 0 Å². The molecule has 22 heavy (non-hydrogen) atoms. The zero-order valence-corrected chi connectivity index (χ0v) is 14.3. The smallest absolute Gasteiger partial charge is 0.305 e. The second kappa shape index (κ2) is 6.96. The van der Waals surface area contributed by atoms with Gasteiger partial charge in [0.15, 0.2) is 0 Å². The van der Waals surface area contributed by atoms with E-state index >= 15 is 0 Å². The van der Waals surface area contributed by atoms with Gasteiger partial charge in [-0.15, -0.1) is 0 Å². The fourth-order valence-electron chi connectivity index (χ4n) is 3.09. The van der Waals surface area contributed by atoms with Gasteiger partial charge in [0.1, 0.15) is 0 Å². The monoisotopic (exact) mass is 314 g/mol. The third kappa shape index (κ3) is 5.25. The largest absolute Gasteiger partial charge is 0.481 e. The van der Waals surface area contributed by atoms with Crippen molar-refractivity contribution in [3.8, 4) is 0 Å². The minimum absolute atomic E-state index is 0.138. The second-order valence-corrected chi connectivity index (χ2v) is 7.81. The molecule has 0 heterocycles. The van der Waals surface area contributed by atoms with Crippen LogP contribution in [0.4, 0.5) is 0 Å². The van der Waals surface area contributed by atoms with Crippen LogP contribution >= 0.6 is 0 Å². The highest BCUT2D eigenvalue weighted by Gasteiger charge is 2.41. The van der Waals surface area contributed by atoms with Gasteiger partial charge in [0.05, 0.1) is 30.7 Å². The van der Waals surface area contributed by atoms with E-state index in [0.717, 1.165) is 12.8 Å². The summed E-state index contributed by atoms with van der Waals surface area (Å²) in [5.74, 6) is -1.05. The summed E-state index contributed by atoms with van der Waals surface area (Å²) < 4.78 is 6.09. The molecule has 0 aromatic rings. The summed E-state index contributed by atoms with van der Waals surface area (Å²) >= 11 is 0. The molecule has 128 valence electrons. The lowest BCUT2D eigenvalue weighted by Gasteiger charge is -2.34. The lowest BCUT2D eigenvalue weighted by Crippen LogP contribution is -2.54. The number of hydrogen-bond donors (Lipinski definition) is 3. The van der Waals surface area contributed by atoms with Crippen LogP contribution in [0.3, 0.4) is 0 Å². The Morgan fingerprint density at radius 3 is 2.50 bits per heavy atom. The molecule has 0 radical (unpaired) electrons. The van der Waals surface area contributed by atoms with Crippen LogP contribution < -0.4 is 11.1 Å². The quantitative estimate of drug-likeness (QED) is 0.661. The van der Waals surface area contributed by atoms with Crippen LogP contribution in [0.1, 0.15) is 53.9 Å². The molecule has 0 aromatic carbocycles. The van der Waals surface area contributed by atoms with Gasteiger partial charge in [-0.25, -0.2) is 0 Å². The molecule has 3 atom stereocenters. The maximum Gasteiger partial charge on any atom is 0.305 e. The Hall–Kier alpha value is -1.14. The molecule has 6 nitrogen and oxygen atoms in total. The molecule has 1 aliphatic rings. The van der Waals surface area contributed by atoms with Gasteiger partial charge in [-0.2, -0.15) is 0 Å². The van der Waals surface area contributed by atoms with Crippen LogP contribution in [0, 0.1) is 11.3 Å². The van der Waals surface area contributed by atoms with E-state index in [9.17, 15) is 9.59 Å². The minimum Gasteiger partial charge on any atom is -0.481 e. The first kappa shape index (κ1) is 18.9. The van der Waals surface area contributed by atoms with Gasteiger partial charge in [-0.05, 0) is 38.0 Å². The number of carbonyl (C=O) groups excluding carboxylic acids is 1. The zero-order valence-electron chi connectivity index (χ0n) is 14.3. The Kier molecular flexibility index (Phi) is 5.98. The van der Waals surface area contributed by atoms with Crippen molar-refractivity contribution in [2.45, 2.75) is 71.6 Å². The van der Waals surface area contributed by atoms with Gasteiger partial charge < -0.3 is 20.9 Å². The summed E-state index contributed by atoms with van der Waals surface area (Å²) in [5, 5.41) is 11.5. The van der Waals surface area contributed by atoms with Crippen molar-refractivity contribution in [3.63, 3.8) is 0 Å². The van der Waals surface area contributed by atoms with E-state index < -0.39 is 23.5 Å². The van der Waals surface area contributed by atoms with Crippen molar-refractivity contribution in [2.24, 2.45) is 17.1 Å². The molecule has 1 amide bonds. The first-order valence-corrected chi connectivity index (χ1v) is 7.85. The highest BCUT2D eigenvalue weighted by Crippen LogP contribution is 2.43. The van der Waals surface area contributed by atoms with E-state index in [4.69, 9.17) is 15.6 Å². The van der Waals surface area contributed by atoms with Crippen molar-refractivity contribution >= 4 is 11.9 Å². The standard InChI is InChI=1S/C16H30N2O4/c1-10-6-7-15(2,3)13(10)22-9-16(4,5)18-14(21)11(17)8-12(19)20/h10-11,13H,6-9,17H2,1-5H3,(H,18,21)(H,19,20)/t10?,11-,13?/m0/s1. The molecule has 0 aliphatic heterocycles. The third-order valence-electron chi connectivity index (χ3n) is 4.35. The Bertz CT molecular complexity index is 420. The molecular weight excluding hydrogens is 284 g/mol. The number of nitrogens with two attached hydrogens (primary N) is 1. The van der Waals surface area contributed by atoms with E-state index in [1.807, 2.05) is 13.8 Å². The SMILES string of the molecule is CC1CCC(C)(C)C1OCC(C)(C)NC(=O)[C@@H](N)CC(=O)O. The predicted octanol–water partition coefficient (Wildman–Crippen LogP) is 1.52.